The highest BCUT2D eigenvalue weighted by molar-refractivity contribution is 6.30. The number of benzene rings is 2. The van der Waals surface area contributed by atoms with Crippen LogP contribution in [0.4, 0.5) is 4.39 Å². The van der Waals surface area contributed by atoms with Gasteiger partial charge in [0.25, 0.3) is 0 Å². The van der Waals surface area contributed by atoms with Crippen molar-refractivity contribution in [2.75, 3.05) is 33.9 Å². The predicted molar refractivity (Wildman–Crippen MR) is 120 cm³/mol. The summed E-state index contributed by atoms with van der Waals surface area (Å²) < 4.78 is 24.6. The molecule has 0 aliphatic carbocycles. The maximum Gasteiger partial charge on any atom is 0.223 e. The lowest BCUT2D eigenvalue weighted by Gasteiger charge is -2.31. The molecule has 1 N–H and O–H groups in total. The summed E-state index contributed by atoms with van der Waals surface area (Å²) in [5.41, 5.74) is 1.79. The first-order valence-electron chi connectivity index (χ1n) is 10.6. The molecule has 2 aromatic carbocycles. The van der Waals surface area contributed by atoms with Crippen LogP contribution in [0.3, 0.4) is 0 Å². The van der Waals surface area contributed by atoms with Crippen LogP contribution >= 0.6 is 11.6 Å². The van der Waals surface area contributed by atoms with Crippen molar-refractivity contribution in [3.05, 3.63) is 58.4 Å². The first-order valence-corrected chi connectivity index (χ1v) is 11.0. The van der Waals surface area contributed by atoms with Crippen molar-refractivity contribution in [3.8, 4) is 11.5 Å². The first-order chi connectivity index (χ1) is 15.0. The number of rotatable bonds is 9. The maximum absolute atomic E-state index is 14.0. The zero-order valence-corrected chi connectivity index (χ0v) is 18.9. The van der Waals surface area contributed by atoms with E-state index in [2.05, 4.69) is 10.2 Å². The Morgan fingerprint density at radius 2 is 1.87 bits per heavy atom. The zero-order chi connectivity index (χ0) is 22.2. The molecule has 1 heterocycles. The summed E-state index contributed by atoms with van der Waals surface area (Å²) in [7, 11) is 3.24. The van der Waals surface area contributed by atoms with Crippen LogP contribution in [0, 0.1) is 11.7 Å². The van der Waals surface area contributed by atoms with Gasteiger partial charge >= 0.3 is 0 Å². The Labute approximate surface area is 188 Å². The lowest BCUT2D eigenvalue weighted by molar-refractivity contribution is -0.126. The van der Waals surface area contributed by atoms with E-state index in [0.717, 1.165) is 44.3 Å². The maximum atomic E-state index is 14.0. The molecule has 168 valence electrons. The van der Waals surface area contributed by atoms with Gasteiger partial charge in [-0.25, -0.2) is 4.39 Å². The number of nitrogens with zero attached hydrogens (tertiary/aromatic N) is 1. The van der Waals surface area contributed by atoms with Gasteiger partial charge in [-0.1, -0.05) is 23.7 Å². The molecular formula is C24H30ClFN2O3. The number of methoxy groups -OCH3 is 2. The van der Waals surface area contributed by atoms with Gasteiger partial charge in [0.15, 0.2) is 11.5 Å². The number of ether oxygens (including phenoxy) is 2. The van der Waals surface area contributed by atoms with Gasteiger partial charge < -0.3 is 14.8 Å². The Balaban J connectivity index is 1.37. The lowest BCUT2D eigenvalue weighted by atomic mass is 9.95. The third-order valence-electron chi connectivity index (χ3n) is 5.76. The van der Waals surface area contributed by atoms with Gasteiger partial charge in [0.05, 0.1) is 14.2 Å². The van der Waals surface area contributed by atoms with E-state index in [-0.39, 0.29) is 17.6 Å². The molecule has 0 atom stereocenters. The molecule has 0 radical (unpaired) electrons. The minimum Gasteiger partial charge on any atom is -0.493 e. The van der Waals surface area contributed by atoms with Crippen molar-refractivity contribution >= 4 is 17.5 Å². The Morgan fingerprint density at radius 3 is 2.55 bits per heavy atom. The number of halogens is 2. The van der Waals surface area contributed by atoms with Gasteiger partial charge in [0.1, 0.15) is 5.82 Å². The SMILES string of the molecule is COc1ccc(CCCNC(=O)C2CCN(Cc3ccc(Cl)cc3F)CC2)cc1OC. The molecule has 0 saturated carbocycles. The van der Waals surface area contributed by atoms with Crippen LogP contribution in [-0.2, 0) is 17.8 Å². The van der Waals surface area contributed by atoms with Gasteiger partial charge in [-0.05, 0) is 68.6 Å². The van der Waals surface area contributed by atoms with Crippen LogP contribution in [0.15, 0.2) is 36.4 Å². The number of carbonyl (C=O) groups is 1. The minimum atomic E-state index is -0.276. The molecule has 1 aliphatic heterocycles. The van der Waals surface area contributed by atoms with Gasteiger partial charge in [-0.3, -0.25) is 9.69 Å². The monoisotopic (exact) mass is 448 g/mol. The molecule has 1 fully saturated rings. The first kappa shape index (κ1) is 23.4. The molecule has 1 saturated heterocycles. The number of aryl methyl sites for hydroxylation is 1. The number of piperidine rings is 1. The minimum absolute atomic E-state index is 0.0207. The largest absolute Gasteiger partial charge is 0.493 e. The van der Waals surface area contributed by atoms with Crippen molar-refractivity contribution in [2.24, 2.45) is 5.92 Å². The molecule has 1 amide bonds. The van der Waals surface area contributed by atoms with Crippen molar-refractivity contribution in [1.82, 2.24) is 10.2 Å². The number of hydrogen-bond donors (Lipinski definition) is 1. The fraction of sp³-hybridized carbons (Fsp3) is 0.458. The highest BCUT2D eigenvalue weighted by atomic mass is 35.5. The summed E-state index contributed by atoms with van der Waals surface area (Å²) >= 11 is 5.82. The van der Waals surface area contributed by atoms with Crippen LogP contribution in [0.1, 0.15) is 30.4 Å². The van der Waals surface area contributed by atoms with Crippen LogP contribution in [0.5, 0.6) is 11.5 Å². The Kier molecular flexibility index (Phi) is 8.55. The lowest BCUT2D eigenvalue weighted by Crippen LogP contribution is -2.40. The molecule has 0 bridgehead atoms. The third-order valence-corrected chi connectivity index (χ3v) is 5.99. The highest BCUT2D eigenvalue weighted by Gasteiger charge is 2.25. The van der Waals surface area contributed by atoms with Crippen LogP contribution in [0.25, 0.3) is 0 Å². The molecule has 7 heteroatoms. The smallest absolute Gasteiger partial charge is 0.223 e. The van der Waals surface area contributed by atoms with Crippen molar-refractivity contribution < 1.29 is 18.7 Å². The van der Waals surface area contributed by atoms with Crippen molar-refractivity contribution in [3.63, 3.8) is 0 Å². The Morgan fingerprint density at radius 1 is 1.13 bits per heavy atom. The molecule has 0 unspecified atom stereocenters. The van der Waals surface area contributed by atoms with Crippen LogP contribution in [0.2, 0.25) is 5.02 Å². The van der Waals surface area contributed by atoms with Crippen LogP contribution in [-0.4, -0.2) is 44.7 Å². The van der Waals surface area contributed by atoms with Gasteiger partial charge in [-0.2, -0.15) is 0 Å². The molecule has 3 rings (SSSR count). The Bertz CT molecular complexity index is 885. The second-order valence-electron chi connectivity index (χ2n) is 7.87. The topological polar surface area (TPSA) is 50.8 Å². The van der Waals surface area contributed by atoms with Gasteiger partial charge in [0, 0.05) is 29.6 Å². The molecule has 31 heavy (non-hydrogen) atoms. The number of likely N-dealkylation sites (tertiary alicyclic amines) is 1. The third kappa shape index (κ3) is 6.58. The highest BCUT2D eigenvalue weighted by Crippen LogP contribution is 2.28. The summed E-state index contributed by atoms with van der Waals surface area (Å²) in [5.74, 6) is 1.29. The van der Waals surface area contributed by atoms with Crippen LogP contribution < -0.4 is 14.8 Å². The molecule has 0 spiro atoms. The van der Waals surface area contributed by atoms with Crippen molar-refractivity contribution in [1.29, 1.82) is 0 Å². The number of carbonyl (C=O) groups excluding carboxylic acids is 1. The average Bonchev–Trinajstić information content (AvgIpc) is 2.78. The second kappa shape index (κ2) is 11.3. The fourth-order valence-electron chi connectivity index (χ4n) is 3.93. The summed E-state index contributed by atoms with van der Waals surface area (Å²) in [4.78, 5) is 14.7. The fourth-order valence-corrected chi connectivity index (χ4v) is 4.09. The van der Waals surface area contributed by atoms with E-state index in [0.29, 0.717) is 35.2 Å². The van der Waals surface area contributed by atoms with Crippen molar-refractivity contribution in [2.45, 2.75) is 32.2 Å². The summed E-state index contributed by atoms with van der Waals surface area (Å²) in [5, 5.41) is 3.47. The zero-order valence-electron chi connectivity index (χ0n) is 18.1. The predicted octanol–water partition coefficient (Wildman–Crippen LogP) is 4.46. The average molecular weight is 449 g/mol. The quantitative estimate of drug-likeness (QED) is 0.575. The summed E-state index contributed by atoms with van der Waals surface area (Å²) in [6.07, 6.45) is 3.29. The van der Waals surface area contributed by atoms with Gasteiger partial charge in [0.2, 0.25) is 5.91 Å². The van der Waals surface area contributed by atoms with E-state index < -0.39 is 0 Å². The molecule has 2 aromatic rings. The molecule has 5 nitrogen and oxygen atoms in total. The second-order valence-corrected chi connectivity index (χ2v) is 8.31. The summed E-state index contributed by atoms with van der Waals surface area (Å²) in [6.45, 7) is 2.75. The molecule has 1 aliphatic rings. The van der Waals surface area contributed by atoms with E-state index in [1.165, 1.54) is 6.07 Å². The molecular weight excluding hydrogens is 419 g/mol. The number of hydrogen-bond acceptors (Lipinski definition) is 4. The number of nitrogens with one attached hydrogen (secondary N) is 1. The number of amides is 1. The van der Waals surface area contributed by atoms with E-state index >= 15 is 0 Å². The van der Waals surface area contributed by atoms with Gasteiger partial charge in [-0.15, -0.1) is 0 Å². The van der Waals surface area contributed by atoms with E-state index in [1.807, 2.05) is 18.2 Å². The Hall–Kier alpha value is -2.31. The molecule has 0 aromatic heterocycles. The standard InChI is InChI=1S/C24H30ClFN2O3/c1-30-22-8-5-17(14-23(22)31-2)4-3-11-27-24(29)18-9-12-28(13-10-18)16-19-6-7-20(25)15-21(19)26/h5-8,14-15,18H,3-4,9-13,16H2,1-2H3,(H,27,29). The summed E-state index contributed by atoms with van der Waals surface area (Å²) in [6, 6.07) is 10.7. The van der Waals surface area contributed by atoms with E-state index in [4.69, 9.17) is 21.1 Å². The van der Waals surface area contributed by atoms with E-state index in [9.17, 15) is 9.18 Å². The van der Waals surface area contributed by atoms with E-state index in [1.54, 1.807) is 26.4 Å². The normalized spacial score (nSPS) is 15.0.